The number of rotatable bonds is 4. The van der Waals surface area contributed by atoms with Gasteiger partial charge in [-0.1, -0.05) is 38.4 Å². The van der Waals surface area contributed by atoms with E-state index in [2.05, 4.69) is 0 Å². The Hall–Kier alpha value is -1.96. The third kappa shape index (κ3) is 4.78. The lowest BCUT2D eigenvalue weighted by atomic mass is 9.87. The SMILES string of the molecule is CC.COC(=O)C(C(C)c1c(F)ccc(C)c1C)N1COc2c(ccc(Cl)c2C)S1=O. The van der Waals surface area contributed by atoms with Gasteiger partial charge in [0, 0.05) is 16.5 Å². The van der Waals surface area contributed by atoms with Gasteiger partial charge >= 0.3 is 5.97 Å². The predicted octanol–water partition coefficient (Wildman–Crippen LogP) is 5.45. The number of aryl methyl sites for hydroxylation is 1. The zero-order valence-electron chi connectivity index (χ0n) is 18.9. The van der Waals surface area contributed by atoms with Crippen molar-refractivity contribution in [3.63, 3.8) is 0 Å². The first-order chi connectivity index (χ1) is 14.7. The molecule has 0 bridgehead atoms. The fraction of sp³-hybridized carbons (Fsp3) is 0.435. The van der Waals surface area contributed by atoms with Gasteiger partial charge in [-0.25, -0.2) is 8.60 Å². The molecule has 3 rings (SSSR count). The number of carbonyl (C=O) groups excluding carboxylic acids is 1. The van der Waals surface area contributed by atoms with Crippen LogP contribution >= 0.6 is 11.6 Å². The topological polar surface area (TPSA) is 55.8 Å². The molecule has 0 saturated heterocycles. The molecule has 0 aliphatic carbocycles. The first-order valence-electron chi connectivity index (χ1n) is 10.1. The Bertz CT molecular complexity index is 998. The zero-order valence-corrected chi connectivity index (χ0v) is 20.5. The van der Waals surface area contributed by atoms with Crippen LogP contribution in [0, 0.1) is 26.6 Å². The number of ether oxygens (including phenoxy) is 2. The van der Waals surface area contributed by atoms with Crippen molar-refractivity contribution in [2.75, 3.05) is 13.8 Å². The molecule has 2 aromatic carbocycles. The number of hydrogen-bond acceptors (Lipinski definition) is 4. The Morgan fingerprint density at radius 3 is 2.45 bits per heavy atom. The van der Waals surface area contributed by atoms with Crippen molar-refractivity contribution in [1.29, 1.82) is 0 Å². The monoisotopic (exact) mass is 469 g/mol. The van der Waals surface area contributed by atoms with Gasteiger partial charge in [0.25, 0.3) is 0 Å². The van der Waals surface area contributed by atoms with Gasteiger partial charge in [-0.15, -0.1) is 0 Å². The number of halogens is 2. The standard InChI is InChI=1S/C21H23ClFNO4S.C2H6/c1-11-6-8-16(23)18(12(11)2)14(4)19(21(25)27-5)24-10-28-20-13(3)15(22)7-9-17(20)29(24)26;1-2/h6-9,14,19H,10H2,1-5H3;1-2H3. The molecule has 0 N–H and O–H groups in total. The molecule has 0 saturated carbocycles. The summed E-state index contributed by atoms with van der Waals surface area (Å²) in [6.07, 6.45) is 0. The Kier molecular flexibility index (Phi) is 8.63. The normalized spacial score (nSPS) is 17.5. The number of methoxy groups -OCH3 is 1. The van der Waals surface area contributed by atoms with Gasteiger partial charge in [-0.2, -0.15) is 4.31 Å². The zero-order chi connectivity index (χ0) is 23.5. The molecule has 1 heterocycles. The Morgan fingerprint density at radius 2 is 1.84 bits per heavy atom. The van der Waals surface area contributed by atoms with E-state index in [1.807, 2.05) is 27.7 Å². The van der Waals surface area contributed by atoms with Crippen LogP contribution in [0.15, 0.2) is 29.2 Å². The molecule has 0 amide bonds. The van der Waals surface area contributed by atoms with Crippen LogP contribution < -0.4 is 4.74 Å². The highest BCUT2D eigenvalue weighted by Gasteiger charge is 2.41. The van der Waals surface area contributed by atoms with Crippen LogP contribution in [0.2, 0.25) is 5.02 Å². The molecular weight excluding hydrogens is 441 g/mol. The van der Waals surface area contributed by atoms with Gasteiger partial charge in [0.05, 0.1) is 12.0 Å². The Labute approximate surface area is 191 Å². The average Bonchev–Trinajstić information content (AvgIpc) is 2.76. The lowest BCUT2D eigenvalue weighted by Crippen LogP contribution is -2.49. The summed E-state index contributed by atoms with van der Waals surface area (Å²) in [6.45, 7) is 11.1. The van der Waals surface area contributed by atoms with Crippen molar-refractivity contribution in [2.24, 2.45) is 0 Å². The van der Waals surface area contributed by atoms with E-state index in [1.54, 1.807) is 32.0 Å². The molecule has 31 heavy (non-hydrogen) atoms. The highest BCUT2D eigenvalue weighted by molar-refractivity contribution is 7.82. The molecule has 3 atom stereocenters. The van der Waals surface area contributed by atoms with Crippen LogP contribution in [0.25, 0.3) is 0 Å². The van der Waals surface area contributed by atoms with E-state index in [1.165, 1.54) is 17.5 Å². The maximum atomic E-state index is 14.7. The van der Waals surface area contributed by atoms with Crippen molar-refractivity contribution in [3.05, 3.63) is 57.4 Å². The highest BCUT2D eigenvalue weighted by Crippen LogP contribution is 2.39. The number of carbonyl (C=O) groups is 1. The first kappa shape index (κ1) is 25.3. The molecular formula is C23H29ClFNO4S. The summed E-state index contributed by atoms with van der Waals surface area (Å²) in [7, 11) is -0.453. The summed E-state index contributed by atoms with van der Waals surface area (Å²) in [4.78, 5) is 13.1. The average molecular weight is 470 g/mol. The third-order valence-corrected chi connectivity index (χ3v) is 7.32. The van der Waals surface area contributed by atoms with Gasteiger partial charge in [0.15, 0.2) is 6.73 Å². The van der Waals surface area contributed by atoms with Crippen molar-refractivity contribution in [3.8, 4) is 5.75 Å². The summed E-state index contributed by atoms with van der Waals surface area (Å²) < 4.78 is 40.2. The third-order valence-electron chi connectivity index (χ3n) is 5.46. The Balaban J connectivity index is 0.00000166. The fourth-order valence-corrected chi connectivity index (χ4v) is 5.24. The van der Waals surface area contributed by atoms with Crippen molar-refractivity contribution >= 4 is 28.6 Å². The van der Waals surface area contributed by atoms with Gasteiger partial charge in [0.1, 0.15) is 28.6 Å². The maximum absolute atomic E-state index is 14.7. The molecule has 0 radical (unpaired) electrons. The smallest absolute Gasteiger partial charge is 0.324 e. The van der Waals surface area contributed by atoms with Crippen LogP contribution in [-0.2, 0) is 20.5 Å². The molecule has 8 heteroatoms. The van der Waals surface area contributed by atoms with Crippen LogP contribution in [-0.4, -0.2) is 34.4 Å². The second-order valence-electron chi connectivity index (χ2n) is 7.10. The van der Waals surface area contributed by atoms with Crippen LogP contribution in [0.5, 0.6) is 5.75 Å². The second kappa shape index (κ2) is 10.6. The maximum Gasteiger partial charge on any atom is 0.324 e. The molecule has 170 valence electrons. The van der Waals surface area contributed by atoms with E-state index in [0.717, 1.165) is 11.1 Å². The number of benzene rings is 2. The Morgan fingerprint density at radius 1 is 1.19 bits per heavy atom. The summed E-state index contributed by atoms with van der Waals surface area (Å²) in [5, 5.41) is 0.504. The van der Waals surface area contributed by atoms with Crippen molar-refractivity contribution < 1.29 is 22.9 Å². The lowest BCUT2D eigenvalue weighted by molar-refractivity contribution is -0.146. The molecule has 1 aliphatic heterocycles. The predicted molar refractivity (Wildman–Crippen MR) is 121 cm³/mol. The molecule has 0 aromatic heterocycles. The quantitative estimate of drug-likeness (QED) is 0.558. The minimum atomic E-state index is -1.71. The van der Waals surface area contributed by atoms with Crippen molar-refractivity contribution in [2.45, 2.75) is 58.4 Å². The summed E-state index contributed by atoms with van der Waals surface area (Å²) in [6, 6.07) is 5.33. The molecule has 5 nitrogen and oxygen atoms in total. The van der Waals surface area contributed by atoms with Gasteiger partial charge < -0.3 is 9.47 Å². The van der Waals surface area contributed by atoms with Gasteiger partial charge in [0.2, 0.25) is 0 Å². The van der Waals surface area contributed by atoms with E-state index < -0.39 is 34.7 Å². The van der Waals surface area contributed by atoms with Gasteiger partial charge in [-0.3, -0.25) is 4.79 Å². The second-order valence-corrected chi connectivity index (χ2v) is 8.91. The van der Waals surface area contributed by atoms with Crippen LogP contribution in [0.3, 0.4) is 0 Å². The van der Waals surface area contributed by atoms with Gasteiger partial charge in [-0.05, 0) is 55.7 Å². The summed E-state index contributed by atoms with van der Waals surface area (Å²) in [5.41, 5.74) is 2.73. The number of hydrogen-bond donors (Lipinski definition) is 0. The van der Waals surface area contributed by atoms with Crippen LogP contribution in [0.1, 0.15) is 48.9 Å². The van der Waals surface area contributed by atoms with E-state index in [4.69, 9.17) is 21.1 Å². The molecule has 0 spiro atoms. The molecule has 1 aliphatic rings. The van der Waals surface area contributed by atoms with E-state index in [0.29, 0.717) is 26.8 Å². The lowest BCUT2D eigenvalue weighted by Gasteiger charge is -2.36. The minimum absolute atomic E-state index is 0.114. The van der Waals surface area contributed by atoms with E-state index >= 15 is 0 Å². The summed E-state index contributed by atoms with van der Waals surface area (Å²) in [5.74, 6) is -1.20. The number of nitrogens with zero attached hydrogens (tertiary/aromatic N) is 1. The fourth-order valence-electron chi connectivity index (χ4n) is 3.66. The van der Waals surface area contributed by atoms with Crippen molar-refractivity contribution in [1.82, 2.24) is 4.31 Å². The number of esters is 1. The number of fused-ring (bicyclic) bond motifs is 1. The minimum Gasteiger partial charge on any atom is -0.476 e. The largest absolute Gasteiger partial charge is 0.476 e. The van der Waals surface area contributed by atoms with E-state index in [9.17, 15) is 13.4 Å². The molecule has 3 unspecified atom stereocenters. The molecule has 0 fully saturated rings. The van der Waals surface area contributed by atoms with Crippen LogP contribution in [0.4, 0.5) is 4.39 Å². The molecule has 2 aromatic rings. The highest BCUT2D eigenvalue weighted by atomic mass is 35.5. The first-order valence-corrected chi connectivity index (χ1v) is 11.6. The summed E-state index contributed by atoms with van der Waals surface area (Å²) >= 11 is 6.14. The van der Waals surface area contributed by atoms with E-state index in [-0.39, 0.29) is 6.73 Å².